The molecule has 0 bridgehead atoms. The van der Waals surface area contributed by atoms with E-state index in [9.17, 15) is 15.0 Å². The topological polar surface area (TPSA) is 70.4 Å². The fourth-order valence-electron chi connectivity index (χ4n) is 8.02. The van der Waals surface area contributed by atoms with Crippen LogP contribution in [0.1, 0.15) is 74.0 Å². The zero-order chi connectivity index (χ0) is 21.5. The molecule has 2 aromatic rings. The first-order chi connectivity index (χ1) is 14.8. The first-order valence-corrected chi connectivity index (χ1v) is 11.9. The first kappa shape index (κ1) is 19.5. The van der Waals surface area contributed by atoms with E-state index >= 15 is 0 Å². The molecule has 1 heterocycles. The third kappa shape index (κ3) is 2.51. The van der Waals surface area contributed by atoms with E-state index in [1.165, 1.54) is 5.57 Å². The van der Waals surface area contributed by atoms with Gasteiger partial charge in [0.15, 0.2) is 0 Å². The van der Waals surface area contributed by atoms with Crippen LogP contribution in [0.5, 0.6) is 0 Å². The number of aromatic carboxylic acids is 1. The highest BCUT2D eigenvalue weighted by Gasteiger charge is 2.58. The summed E-state index contributed by atoms with van der Waals surface area (Å²) in [5.74, 6) is 0.787. The van der Waals surface area contributed by atoms with E-state index in [0.29, 0.717) is 23.3 Å². The molecule has 4 aliphatic carbocycles. The van der Waals surface area contributed by atoms with Crippen molar-refractivity contribution in [2.75, 3.05) is 0 Å². The molecule has 6 rings (SSSR count). The van der Waals surface area contributed by atoms with Gasteiger partial charge < -0.3 is 10.2 Å². The summed E-state index contributed by atoms with van der Waals surface area (Å²) < 4.78 is 0. The van der Waals surface area contributed by atoms with Gasteiger partial charge in [-0.05, 0) is 79.7 Å². The second-order valence-electron chi connectivity index (χ2n) is 11.0. The number of para-hydroxylation sites is 1. The number of carbonyl (C=O) groups is 1. The molecule has 0 amide bonds. The second-order valence-corrected chi connectivity index (χ2v) is 11.0. The second kappa shape index (κ2) is 6.41. The van der Waals surface area contributed by atoms with E-state index in [0.717, 1.165) is 67.1 Å². The number of fused-ring (bicyclic) bond motifs is 8. The molecule has 4 aliphatic rings. The number of benzene rings is 1. The fourth-order valence-corrected chi connectivity index (χ4v) is 8.02. The maximum atomic E-state index is 12.4. The van der Waals surface area contributed by atoms with E-state index in [4.69, 9.17) is 4.98 Å². The van der Waals surface area contributed by atoms with Crippen molar-refractivity contribution in [1.82, 2.24) is 4.98 Å². The number of aliphatic hydroxyl groups excluding tert-OH is 1. The highest BCUT2D eigenvalue weighted by atomic mass is 16.4. The number of pyridine rings is 1. The third-order valence-corrected chi connectivity index (χ3v) is 9.64. The Kier molecular flexibility index (Phi) is 4.03. The minimum Gasteiger partial charge on any atom is -0.478 e. The molecular weight excluding hydrogens is 386 g/mol. The standard InChI is InChI=1S/C27H31NO3/c1-26-11-9-16(29)13-15(26)7-8-17-20(26)10-12-27(2)21(17)14-19-23(25(30)31)18-5-3-4-6-22(18)28-24(19)27/h3-7,16-17,20-21,29H,8-14H2,1-2H3,(H,30,31)/t16-,17-,20-,21-,26-,27-/m0/s1. The number of rotatable bonds is 1. The van der Waals surface area contributed by atoms with Gasteiger partial charge in [-0.2, -0.15) is 0 Å². The molecule has 0 saturated heterocycles. The van der Waals surface area contributed by atoms with Crippen LogP contribution in [-0.2, 0) is 11.8 Å². The monoisotopic (exact) mass is 417 g/mol. The molecule has 0 spiro atoms. The summed E-state index contributed by atoms with van der Waals surface area (Å²) in [6.07, 6.45) is 9.16. The molecule has 6 atom stereocenters. The Balaban J connectivity index is 1.48. The van der Waals surface area contributed by atoms with Crippen LogP contribution >= 0.6 is 0 Å². The summed E-state index contributed by atoms with van der Waals surface area (Å²) in [7, 11) is 0. The van der Waals surface area contributed by atoms with Gasteiger partial charge in [-0.3, -0.25) is 4.98 Å². The lowest BCUT2D eigenvalue weighted by Crippen LogP contribution is -2.51. The maximum absolute atomic E-state index is 12.4. The molecule has 31 heavy (non-hydrogen) atoms. The SMILES string of the molecule is C[C@]12CC[C@H](O)CC1=CC[C@H]1[C@@H]2CC[C@]2(C)c3nc4ccccc4c(C(=O)O)c3C[C@@H]12. The molecule has 0 unspecified atom stereocenters. The van der Waals surface area contributed by atoms with E-state index in [-0.39, 0.29) is 16.9 Å². The minimum atomic E-state index is -0.826. The molecule has 4 nitrogen and oxygen atoms in total. The lowest BCUT2D eigenvalue weighted by atomic mass is 9.48. The molecular formula is C27H31NO3. The van der Waals surface area contributed by atoms with E-state index in [1.807, 2.05) is 24.3 Å². The van der Waals surface area contributed by atoms with Gasteiger partial charge in [0.1, 0.15) is 0 Å². The van der Waals surface area contributed by atoms with Gasteiger partial charge in [0.05, 0.1) is 22.9 Å². The van der Waals surface area contributed by atoms with E-state index in [1.54, 1.807) is 0 Å². The molecule has 0 radical (unpaired) electrons. The van der Waals surface area contributed by atoms with Gasteiger partial charge in [-0.25, -0.2) is 4.79 Å². The average Bonchev–Trinajstić information content (AvgIpc) is 3.04. The highest BCUT2D eigenvalue weighted by molar-refractivity contribution is 6.04. The van der Waals surface area contributed by atoms with Crippen LogP contribution in [0.25, 0.3) is 10.9 Å². The van der Waals surface area contributed by atoms with Crippen LogP contribution in [-0.4, -0.2) is 27.3 Å². The van der Waals surface area contributed by atoms with Gasteiger partial charge in [0.25, 0.3) is 0 Å². The van der Waals surface area contributed by atoms with Crippen molar-refractivity contribution < 1.29 is 15.0 Å². The first-order valence-electron chi connectivity index (χ1n) is 11.9. The van der Waals surface area contributed by atoms with Gasteiger partial charge in [-0.15, -0.1) is 0 Å². The number of allylic oxidation sites excluding steroid dienone is 1. The van der Waals surface area contributed by atoms with Crippen molar-refractivity contribution in [1.29, 1.82) is 0 Å². The zero-order valence-corrected chi connectivity index (χ0v) is 18.4. The van der Waals surface area contributed by atoms with Crippen LogP contribution in [0.3, 0.4) is 0 Å². The Morgan fingerprint density at radius 2 is 1.84 bits per heavy atom. The van der Waals surface area contributed by atoms with E-state index in [2.05, 4.69) is 19.9 Å². The van der Waals surface area contributed by atoms with Crippen molar-refractivity contribution >= 4 is 16.9 Å². The fraction of sp³-hybridized carbons (Fsp3) is 0.556. The molecule has 0 aliphatic heterocycles. The van der Waals surface area contributed by atoms with Crippen molar-refractivity contribution in [3.05, 3.63) is 52.7 Å². The Hall–Kier alpha value is -2.20. The number of hydrogen-bond acceptors (Lipinski definition) is 3. The van der Waals surface area contributed by atoms with Crippen LogP contribution in [0.15, 0.2) is 35.9 Å². The molecule has 1 aromatic heterocycles. The van der Waals surface area contributed by atoms with Crippen LogP contribution in [0, 0.1) is 23.2 Å². The summed E-state index contributed by atoms with van der Waals surface area (Å²) >= 11 is 0. The number of aliphatic hydroxyl groups is 1. The van der Waals surface area contributed by atoms with Crippen LogP contribution < -0.4 is 0 Å². The average molecular weight is 418 g/mol. The number of nitrogens with zero attached hydrogens (tertiary/aromatic N) is 1. The van der Waals surface area contributed by atoms with Crippen molar-refractivity contribution in [3.63, 3.8) is 0 Å². The number of hydrogen-bond donors (Lipinski definition) is 2. The lowest BCUT2D eigenvalue weighted by molar-refractivity contribution is -0.0169. The van der Waals surface area contributed by atoms with Gasteiger partial charge in [-0.1, -0.05) is 43.7 Å². The predicted octanol–water partition coefficient (Wildman–Crippen LogP) is 5.27. The van der Waals surface area contributed by atoms with Gasteiger partial charge >= 0.3 is 5.97 Å². The van der Waals surface area contributed by atoms with Crippen molar-refractivity contribution in [3.8, 4) is 0 Å². The maximum Gasteiger partial charge on any atom is 0.336 e. The molecule has 162 valence electrons. The van der Waals surface area contributed by atoms with Crippen LogP contribution in [0.2, 0.25) is 0 Å². The van der Waals surface area contributed by atoms with Gasteiger partial charge in [0.2, 0.25) is 0 Å². The summed E-state index contributed by atoms with van der Waals surface area (Å²) in [5, 5.41) is 21.2. The van der Waals surface area contributed by atoms with Gasteiger partial charge in [0, 0.05) is 10.8 Å². The third-order valence-electron chi connectivity index (χ3n) is 9.64. The van der Waals surface area contributed by atoms with Crippen molar-refractivity contribution in [2.24, 2.45) is 23.2 Å². The number of carboxylic acids is 1. The normalized spacial score (nSPS) is 38.6. The Morgan fingerprint density at radius 1 is 1.06 bits per heavy atom. The summed E-state index contributed by atoms with van der Waals surface area (Å²) in [6, 6.07) is 7.72. The zero-order valence-electron chi connectivity index (χ0n) is 18.4. The lowest BCUT2D eigenvalue weighted by Gasteiger charge is -2.57. The number of carboxylic acid groups (broad SMARTS) is 1. The molecule has 2 saturated carbocycles. The van der Waals surface area contributed by atoms with E-state index < -0.39 is 5.97 Å². The summed E-state index contributed by atoms with van der Waals surface area (Å²) in [6.45, 7) is 4.78. The Labute approximate surface area is 183 Å². The summed E-state index contributed by atoms with van der Waals surface area (Å²) in [5.41, 5.74) is 4.92. The summed E-state index contributed by atoms with van der Waals surface area (Å²) in [4.78, 5) is 17.5. The Morgan fingerprint density at radius 3 is 2.65 bits per heavy atom. The molecule has 1 aromatic carbocycles. The Bertz CT molecular complexity index is 1140. The molecule has 2 fully saturated rings. The molecule has 2 N–H and O–H groups in total. The largest absolute Gasteiger partial charge is 0.478 e. The quantitative estimate of drug-likeness (QED) is 0.620. The van der Waals surface area contributed by atoms with Crippen LogP contribution in [0.4, 0.5) is 0 Å². The molecule has 4 heteroatoms. The minimum absolute atomic E-state index is 0.0549. The van der Waals surface area contributed by atoms with Crippen molar-refractivity contribution in [2.45, 2.75) is 70.3 Å². The highest BCUT2D eigenvalue weighted by Crippen LogP contribution is 2.64. The predicted molar refractivity (Wildman–Crippen MR) is 120 cm³/mol. The smallest absolute Gasteiger partial charge is 0.336 e. The number of aromatic nitrogens is 1.